The number of hydrogen-bond acceptors (Lipinski definition) is 5. The molecular formula is C18H20O5. The van der Waals surface area contributed by atoms with E-state index < -0.39 is 0 Å². The third-order valence-corrected chi connectivity index (χ3v) is 3.21. The van der Waals surface area contributed by atoms with E-state index in [1.807, 2.05) is 36.4 Å². The largest absolute Gasteiger partial charge is 0.493 e. The van der Waals surface area contributed by atoms with Crippen LogP contribution in [-0.2, 0) is 0 Å². The van der Waals surface area contributed by atoms with Crippen LogP contribution in [-0.4, -0.2) is 28.4 Å². The molecule has 0 saturated carbocycles. The van der Waals surface area contributed by atoms with Crippen LogP contribution in [0.3, 0.4) is 0 Å². The van der Waals surface area contributed by atoms with Crippen LogP contribution in [0.25, 0.3) is 6.08 Å². The maximum Gasteiger partial charge on any atom is 0.203 e. The highest BCUT2D eigenvalue weighted by Gasteiger charge is 2.12. The van der Waals surface area contributed by atoms with Gasteiger partial charge in [-0.25, -0.2) is 0 Å². The minimum absolute atomic E-state index is 0.554. The molecule has 0 bridgehead atoms. The topological polar surface area (TPSA) is 46.2 Å². The lowest BCUT2D eigenvalue weighted by Crippen LogP contribution is -1.95. The second-order valence-corrected chi connectivity index (χ2v) is 4.53. The van der Waals surface area contributed by atoms with Crippen LogP contribution >= 0.6 is 0 Å². The summed E-state index contributed by atoms with van der Waals surface area (Å²) in [4.78, 5) is 0. The van der Waals surface area contributed by atoms with E-state index in [0.29, 0.717) is 28.7 Å². The van der Waals surface area contributed by atoms with Crippen LogP contribution in [0.1, 0.15) is 5.56 Å². The highest BCUT2D eigenvalue weighted by Crippen LogP contribution is 2.38. The van der Waals surface area contributed by atoms with E-state index in [-0.39, 0.29) is 0 Å². The summed E-state index contributed by atoms with van der Waals surface area (Å²) >= 11 is 0. The van der Waals surface area contributed by atoms with E-state index in [1.165, 1.54) is 0 Å². The number of ether oxygens (including phenoxy) is 5. The van der Waals surface area contributed by atoms with Crippen LogP contribution < -0.4 is 23.7 Å². The summed E-state index contributed by atoms with van der Waals surface area (Å²) in [6.45, 7) is 0. The lowest BCUT2D eigenvalue weighted by atomic mass is 10.2. The van der Waals surface area contributed by atoms with Gasteiger partial charge in [0, 0.05) is 0 Å². The lowest BCUT2D eigenvalue weighted by Gasteiger charge is -2.12. The van der Waals surface area contributed by atoms with Crippen molar-refractivity contribution in [2.75, 3.05) is 28.4 Å². The van der Waals surface area contributed by atoms with E-state index >= 15 is 0 Å². The van der Waals surface area contributed by atoms with Crippen molar-refractivity contribution in [1.82, 2.24) is 0 Å². The highest BCUT2D eigenvalue weighted by atomic mass is 16.5. The van der Waals surface area contributed by atoms with Crippen molar-refractivity contribution < 1.29 is 23.7 Å². The number of benzene rings is 2. The third kappa shape index (κ3) is 3.88. The summed E-state index contributed by atoms with van der Waals surface area (Å²) in [5.74, 6) is 3.03. The average Bonchev–Trinajstić information content (AvgIpc) is 2.61. The predicted octanol–water partition coefficient (Wildman–Crippen LogP) is 3.77. The Hall–Kier alpha value is -2.82. The van der Waals surface area contributed by atoms with Crippen molar-refractivity contribution in [2.45, 2.75) is 0 Å². The Bertz CT molecular complexity index is 654. The fourth-order valence-electron chi connectivity index (χ4n) is 2.10. The zero-order chi connectivity index (χ0) is 16.7. The average molecular weight is 316 g/mol. The van der Waals surface area contributed by atoms with Gasteiger partial charge in [-0.05, 0) is 35.9 Å². The standard InChI is InChI=1S/C18H20O5/c1-19-14-7-5-6-8-15(14)23-10-9-13-11-16(20-2)18(22-4)17(12-13)21-3/h5-12H,1-4H3. The van der Waals surface area contributed by atoms with Gasteiger partial charge in [0.1, 0.15) is 0 Å². The number of rotatable bonds is 7. The summed E-state index contributed by atoms with van der Waals surface area (Å²) in [7, 11) is 6.33. The molecule has 0 amide bonds. The predicted molar refractivity (Wildman–Crippen MR) is 88.8 cm³/mol. The molecule has 2 rings (SSSR count). The van der Waals surface area contributed by atoms with E-state index in [1.54, 1.807) is 40.8 Å². The van der Waals surface area contributed by atoms with Crippen molar-refractivity contribution in [2.24, 2.45) is 0 Å². The molecule has 0 aromatic heterocycles. The Morgan fingerprint density at radius 1 is 0.696 bits per heavy atom. The molecule has 0 radical (unpaired) electrons. The zero-order valence-electron chi connectivity index (χ0n) is 13.7. The van der Waals surface area contributed by atoms with Gasteiger partial charge in [-0.15, -0.1) is 0 Å². The minimum Gasteiger partial charge on any atom is -0.493 e. The van der Waals surface area contributed by atoms with Crippen LogP contribution in [0.4, 0.5) is 0 Å². The van der Waals surface area contributed by atoms with Gasteiger partial charge < -0.3 is 23.7 Å². The molecule has 0 unspecified atom stereocenters. The third-order valence-electron chi connectivity index (χ3n) is 3.21. The van der Waals surface area contributed by atoms with Crippen molar-refractivity contribution in [1.29, 1.82) is 0 Å². The first-order chi connectivity index (χ1) is 11.2. The van der Waals surface area contributed by atoms with E-state index in [2.05, 4.69) is 0 Å². The van der Waals surface area contributed by atoms with Gasteiger partial charge in [-0.2, -0.15) is 0 Å². The second kappa shape index (κ2) is 7.98. The van der Waals surface area contributed by atoms with Crippen LogP contribution in [0.2, 0.25) is 0 Å². The van der Waals surface area contributed by atoms with Crippen molar-refractivity contribution in [3.63, 3.8) is 0 Å². The molecule has 0 saturated heterocycles. The normalized spacial score (nSPS) is 10.4. The SMILES string of the molecule is COc1ccccc1OC=Cc1cc(OC)c(OC)c(OC)c1. The number of hydrogen-bond donors (Lipinski definition) is 0. The van der Waals surface area contributed by atoms with Gasteiger partial charge >= 0.3 is 0 Å². The molecule has 0 heterocycles. The Balaban J connectivity index is 2.22. The fourth-order valence-corrected chi connectivity index (χ4v) is 2.10. The van der Waals surface area contributed by atoms with Gasteiger partial charge in [0.05, 0.1) is 34.7 Å². The van der Waals surface area contributed by atoms with Crippen LogP contribution in [0, 0.1) is 0 Å². The first-order valence-electron chi connectivity index (χ1n) is 6.99. The van der Waals surface area contributed by atoms with Gasteiger partial charge in [0.15, 0.2) is 23.0 Å². The first kappa shape index (κ1) is 16.5. The lowest BCUT2D eigenvalue weighted by molar-refractivity contribution is 0.324. The zero-order valence-corrected chi connectivity index (χ0v) is 13.7. The van der Waals surface area contributed by atoms with E-state index in [9.17, 15) is 0 Å². The molecule has 2 aromatic carbocycles. The molecule has 0 fully saturated rings. The molecule has 0 aliphatic carbocycles. The summed E-state index contributed by atoms with van der Waals surface area (Å²) in [6, 6.07) is 11.1. The van der Waals surface area contributed by atoms with Crippen molar-refractivity contribution in [3.8, 4) is 28.7 Å². The molecule has 0 N–H and O–H groups in total. The molecule has 0 atom stereocenters. The molecule has 0 aliphatic heterocycles. The molecule has 2 aromatic rings. The number of methoxy groups -OCH3 is 4. The summed E-state index contributed by atoms with van der Waals surface area (Å²) in [5, 5.41) is 0. The van der Waals surface area contributed by atoms with Gasteiger partial charge in [-0.1, -0.05) is 12.1 Å². The van der Waals surface area contributed by atoms with Crippen molar-refractivity contribution in [3.05, 3.63) is 48.2 Å². The maximum absolute atomic E-state index is 5.62. The quantitative estimate of drug-likeness (QED) is 0.728. The Morgan fingerprint density at radius 3 is 1.78 bits per heavy atom. The molecule has 0 aliphatic rings. The van der Waals surface area contributed by atoms with Gasteiger partial charge in [0.25, 0.3) is 0 Å². The minimum atomic E-state index is 0.554. The summed E-state index contributed by atoms with van der Waals surface area (Å²) in [6.07, 6.45) is 3.38. The van der Waals surface area contributed by atoms with Crippen molar-refractivity contribution >= 4 is 6.08 Å². The molecule has 122 valence electrons. The smallest absolute Gasteiger partial charge is 0.203 e. The molecule has 5 nitrogen and oxygen atoms in total. The second-order valence-electron chi connectivity index (χ2n) is 4.53. The van der Waals surface area contributed by atoms with Crippen LogP contribution in [0.15, 0.2) is 42.7 Å². The highest BCUT2D eigenvalue weighted by molar-refractivity contribution is 5.62. The Morgan fingerprint density at radius 2 is 1.26 bits per heavy atom. The molecular weight excluding hydrogens is 296 g/mol. The monoisotopic (exact) mass is 316 g/mol. The summed E-state index contributed by atoms with van der Waals surface area (Å²) < 4.78 is 26.8. The van der Waals surface area contributed by atoms with E-state index in [4.69, 9.17) is 23.7 Å². The Kier molecular flexibility index (Phi) is 5.74. The van der Waals surface area contributed by atoms with E-state index in [0.717, 1.165) is 5.56 Å². The first-order valence-corrected chi connectivity index (χ1v) is 6.99. The fraction of sp³-hybridized carbons (Fsp3) is 0.222. The molecule has 23 heavy (non-hydrogen) atoms. The Labute approximate surface area is 136 Å². The summed E-state index contributed by atoms with van der Waals surface area (Å²) in [5.41, 5.74) is 0.856. The van der Waals surface area contributed by atoms with Crippen LogP contribution in [0.5, 0.6) is 28.7 Å². The number of para-hydroxylation sites is 2. The van der Waals surface area contributed by atoms with Gasteiger partial charge in [-0.3, -0.25) is 0 Å². The van der Waals surface area contributed by atoms with Gasteiger partial charge in [0.2, 0.25) is 5.75 Å². The molecule has 0 spiro atoms. The maximum atomic E-state index is 5.62. The molecule has 5 heteroatoms.